The minimum Gasteiger partial charge on any atom is -0.354 e. The second kappa shape index (κ2) is 10.6. The van der Waals surface area contributed by atoms with E-state index < -0.39 is 10.8 Å². The largest absolute Gasteiger partial charge is 0.354 e. The van der Waals surface area contributed by atoms with Crippen molar-refractivity contribution < 1.29 is 4.21 Å². The van der Waals surface area contributed by atoms with Crippen LogP contribution < -0.4 is 10.6 Å². The maximum Gasteiger partial charge on any atom is 0.191 e. The summed E-state index contributed by atoms with van der Waals surface area (Å²) in [6, 6.07) is 2.50. The van der Waals surface area contributed by atoms with Crippen LogP contribution in [-0.4, -0.2) is 34.3 Å². The SMILES string of the molecule is CCS(=O)C1CCCC(NC(=NC)NCc2ccsc2)C1.I. The van der Waals surface area contributed by atoms with E-state index in [1.165, 1.54) is 5.56 Å². The summed E-state index contributed by atoms with van der Waals surface area (Å²) in [6.45, 7) is 2.80. The molecule has 4 nitrogen and oxygen atoms in total. The van der Waals surface area contributed by atoms with E-state index in [9.17, 15) is 4.21 Å². The molecule has 0 radical (unpaired) electrons. The van der Waals surface area contributed by atoms with Gasteiger partial charge in [0.15, 0.2) is 5.96 Å². The van der Waals surface area contributed by atoms with Gasteiger partial charge in [0.2, 0.25) is 0 Å². The lowest BCUT2D eigenvalue weighted by Crippen LogP contribution is -2.46. The normalized spacial score (nSPS) is 23.5. The van der Waals surface area contributed by atoms with E-state index in [1.54, 1.807) is 18.4 Å². The van der Waals surface area contributed by atoms with E-state index in [4.69, 9.17) is 0 Å². The molecule has 22 heavy (non-hydrogen) atoms. The fourth-order valence-electron chi connectivity index (χ4n) is 2.72. The quantitative estimate of drug-likeness (QED) is 0.408. The van der Waals surface area contributed by atoms with Gasteiger partial charge in [-0.05, 0) is 41.7 Å². The molecule has 1 aromatic rings. The average molecular weight is 455 g/mol. The molecule has 1 fully saturated rings. The summed E-state index contributed by atoms with van der Waals surface area (Å²) in [7, 11) is 1.12. The number of nitrogens with zero attached hydrogens (tertiary/aromatic N) is 1. The highest BCUT2D eigenvalue weighted by atomic mass is 127. The van der Waals surface area contributed by atoms with E-state index in [0.717, 1.165) is 43.9 Å². The summed E-state index contributed by atoms with van der Waals surface area (Å²) in [5.41, 5.74) is 1.27. The third kappa shape index (κ3) is 6.16. The van der Waals surface area contributed by atoms with Gasteiger partial charge in [0.1, 0.15) is 0 Å². The molecule has 0 aliphatic heterocycles. The van der Waals surface area contributed by atoms with Gasteiger partial charge in [-0.1, -0.05) is 13.3 Å². The van der Waals surface area contributed by atoms with Crippen molar-refractivity contribution in [2.24, 2.45) is 4.99 Å². The summed E-state index contributed by atoms with van der Waals surface area (Å²) in [5.74, 6) is 1.61. The van der Waals surface area contributed by atoms with E-state index in [1.807, 2.05) is 6.92 Å². The Kier molecular flexibility index (Phi) is 9.58. The number of aliphatic imine (C=N–C) groups is 1. The average Bonchev–Trinajstić information content (AvgIpc) is 3.04. The zero-order valence-corrected chi connectivity index (χ0v) is 17.2. The first-order chi connectivity index (χ1) is 10.2. The molecular weight excluding hydrogens is 429 g/mol. The highest BCUT2D eigenvalue weighted by molar-refractivity contribution is 14.0. The Morgan fingerprint density at radius 3 is 2.95 bits per heavy atom. The van der Waals surface area contributed by atoms with Crippen LogP contribution in [0, 0.1) is 0 Å². The Hall–Kier alpha value is -0.150. The Bertz CT molecular complexity index is 479. The van der Waals surface area contributed by atoms with E-state index in [2.05, 4.69) is 32.5 Å². The van der Waals surface area contributed by atoms with Gasteiger partial charge in [0, 0.05) is 41.4 Å². The predicted molar refractivity (Wildman–Crippen MR) is 108 cm³/mol. The second-order valence-electron chi connectivity index (χ2n) is 5.36. The molecular formula is C15H26IN3OS2. The van der Waals surface area contributed by atoms with Crippen molar-refractivity contribution >= 4 is 52.1 Å². The van der Waals surface area contributed by atoms with Gasteiger partial charge < -0.3 is 10.6 Å². The smallest absolute Gasteiger partial charge is 0.191 e. The number of halogens is 1. The topological polar surface area (TPSA) is 53.5 Å². The Morgan fingerprint density at radius 1 is 1.50 bits per heavy atom. The van der Waals surface area contributed by atoms with Crippen molar-refractivity contribution in [3.05, 3.63) is 22.4 Å². The van der Waals surface area contributed by atoms with Gasteiger partial charge in [0.25, 0.3) is 0 Å². The molecule has 126 valence electrons. The van der Waals surface area contributed by atoms with Crippen molar-refractivity contribution in [1.29, 1.82) is 0 Å². The van der Waals surface area contributed by atoms with E-state index in [-0.39, 0.29) is 24.0 Å². The molecule has 0 bridgehead atoms. The summed E-state index contributed by atoms with van der Waals surface area (Å²) in [4.78, 5) is 4.29. The molecule has 3 atom stereocenters. The minimum atomic E-state index is -0.678. The van der Waals surface area contributed by atoms with Gasteiger partial charge in [-0.3, -0.25) is 9.20 Å². The van der Waals surface area contributed by atoms with Crippen LogP contribution in [0.4, 0.5) is 0 Å². The summed E-state index contributed by atoms with van der Waals surface area (Å²) in [6.07, 6.45) is 4.37. The molecule has 1 saturated carbocycles. The molecule has 1 aliphatic rings. The van der Waals surface area contributed by atoms with Crippen LogP contribution in [0.25, 0.3) is 0 Å². The number of hydrogen-bond acceptors (Lipinski definition) is 3. The Balaban J connectivity index is 0.00000242. The van der Waals surface area contributed by atoms with Crippen LogP contribution in [-0.2, 0) is 17.3 Å². The second-order valence-corrected chi connectivity index (χ2v) is 8.14. The lowest BCUT2D eigenvalue weighted by molar-refractivity contribution is 0.413. The third-order valence-corrected chi connectivity index (χ3v) is 6.36. The standard InChI is InChI=1S/C15H25N3OS2.HI/c1-3-21(19)14-6-4-5-13(9-14)18-15(16-2)17-10-12-7-8-20-11-12;/h7-8,11,13-14H,3-6,9-10H2,1-2H3,(H2,16,17,18);1H. The zero-order chi connectivity index (χ0) is 15.1. The van der Waals surface area contributed by atoms with Crippen LogP contribution >= 0.6 is 35.3 Å². The molecule has 0 amide bonds. The van der Waals surface area contributed by atoms with Crippen LogP contribution in [0.5, 0.6) is 0 Å². The molecule has 0 saturated heterocycles. The minimum absolute atomic E-state index is 0. The Labute approximate surface area is 157 Å². The van der Waals surface area contributed by atoms with Crippen LogP contribution in [0.2, 0.25) is 0 Å². The molecule has 7 heteroatoms. The lowest BCUT2D eigenvalue weighted by atomic mass is 9.95. The molecule has 2 rings (SSSR count). The Morgan fingerprint density at radius 2 is 2.32 bits per heavy atom. The number of guanidine groups is 1. The monoisotopic (exact) mass is 455 g/mol. The maximum absolute atomic E-state index is 12.0. The van der Waals surface area contributed by atoms with E-state index in [0.29, 0.717) is 11.3 Å². The molecule has 3 unspecified atom stereocenters. The highest BCUT2D eigenvalue weighted by Crippen LogP contribution is 2.22. The van der Waals surface area contributed by atoms with Crippen LogP contribution in [0.1, 0.15) is 38.2 Å². The van der Waals surface area contributed by atoms with Gasteiger partial charge in [-0.25, -0.2) is 0 Å². The van der Waals surface area contributed by atoms with Gasteiger partial charge in [-0.2, -0.15) is 11.3 Å². The molecule has 0 spiro atoms. The van der Waals surface area contributed by atoms with Gasteiger partial charge in [-0.15, -0.1) is 24.0 Å². The number of thiophene rings is 1. The molecule has 1 heterocycles. The first-order valence-corrected chi connectivity index (χ1v) is 9.90. The lowest BCUT2D eigenvalue weighted by Gasteiger charge is -2.30. The molecule has 0 aromatic carbocycles. The number of nitrogens with one attached hydrogen (secondary N) is 2. The fraction of sp³-hybridized carbons (Fsp3) is 0.667. The van der Waals surface area contributed by atoms with Crippen LogP contribution in [0.3, 0.4) is 0 Å². The highest BCUT2D eigenvalue weighted by Gasteiger charge is 2.25. The first kappa shape index (κ1) is 19.9. The van der Waals surface area contributed by atoms with Crippen molar-refractivity contribution in [3.63, 3.8) is 0 Å². The summed E-state index contributed by atoms with van der Waals surface area (Å²) in [5, 5.41) is 11.4. The summed E-state index contributed by atoms with van der Waals surface area (Å²) < 4.78 is 12.0. The molecule has 1 aliphatic carbocycles. The third-order valence-electron chi connectivity index (χ3n) is 3.89. The molecule has 1 aromatic heterocycles. The number of hydrogen-bond donors (Lipinski definition) is 2. The van der Waals surface area contributed by atoms with Crippen molar-refractivity contribution in [3.8, 4) is 0 Å². The van der Waals surface area contributed by atoms with Crippen molar-refractivity contribution in [2.45, 2.75) is 50.4 Å². The fourth-order valence-corrected chi connectivity index (χ4v) is 4.73. The van der Waals surface area contributed by atoms with E-state index >= 15 is 0 Å². The molecule has 2 N–H and O–H groups in total. The summed E-state index contributed by atoms with van der Waals surface area (Å²) >= 11 is 1.71. The number of rotatable bonds is 5. The van der Waals surface area contributed by atoms with Crippen molar-refractivity contribution in [1.82, 2.24) is 10.6 Å². The van der Waals surface area contributed by atoms with Crippen molar-refractivity contribution in [2.75, 3.05) is 12.8 Å². The van der Waals surface area contributed by atoms with Gasteiger partial charge >= 0.3 is 0 Å². The zero-order valence-electron chi connectivity index (χ0n) is 13.2. The predicted octanol–water partition coefficient (Wildman–Crippen LogP) is 3.11. The maximum atomic E-state index is 12.0. The van der Waals surface area contributed by atoms with Crippen LogP contribution in [0.15, 0.2) is 21.8 Å². The van der Waals surface area contributed by atoms with Gasteiger partial charge in [0.05, 0.1) is 0 Å². The first-order valence-electron chi connectivity index (χ1n) is 7.58.